The molecule has 0 bridgehead atoms. The molecule has 5 rings (SSSR count). The van der Waals surface area contributed by atoms with Gasteiger partial charge in [0.1, 0.15) is 12.2 Å². The zero-order chi connectivity index (χ0) is 31.4. The highest BCUT2D eigenvalue weighted by Crippen LogP contribution is 2.21. The van der Waals surface area contributed by atoms with E-state index in [0.717, 1.165) is 15.2 Å². The van der Waals surface area contributed by atoms with Gasteiger partial charge in [-0.05, 0) is 48.6 Å². The zero-order valence-electron chi connectivity index (χ0n) is 22.5. The number of hydrogen-bond donors (Lipinski definition) is 0. The van der Waals surface area contributed by atoms with Crippen LogP contribution in [0.25, 0.3) is 0 Å². The van der Waals surface area contributed by atoms with Crippen molar-refractivity contribution in [3.63, 3.8) is 0 Å². The SMILES string of the molecule is O=C(O[C@H]1C=CC(n2ccc(=O)n(C3C=C[C@H](OC(=O)c4ccc([N+](=O)[O-])cc4)CO3)c2=O)OC1)c1ccc([N+](=O)[O-])cc1. The lowest BCUT2D eigenvalue weighted by atomic mass is 10.2. The van der Waals surface area contributed by atoms with Crippen molar-refractivity contribution in [2.24, 2.45) is 0 Å². The van der Waals surface area contributed by atoms with E-state index in [4.69, 9.17) is 18.9 Å². The predicted octanol–water partition coefficient (Wildman–Crippen LogP) is 2.45. The third kappa shape index (κ3) is 6.50. The maximum absolute atomic E-state index is 13.3. The van der Waals surface area contributed by atoms with Gasteiger partial charge in [0.25, 0.3) is 16.9 Å². The molecule has 4 atom stereocenters. The molecule has 3 heterocycles. The van der Waals surface area contributed by atoms with E-state index in [0.29, 0.717) is 0 Å². The summed E-state index contributed by atoms with van der Waals surface area (Å²) in [5, 5.41) is 21.6. The molecule has 0 saturated carbocycles. The van der Waals surface area contributed by atoms with Gasteiger partial charge in [-0.1, -0.05) is 0 Å². The van der Waals surface area contributed by atoms with Gasteiger partial charge in [0.2, 0.25) is 0 Å². The Kier molecular flexibility index (Phi) is 8.54. The molecule has 44 heavy (non-hydrogen) atoms. The molecule has 0 spiro atoms. The van der Waals surface area contributed by atoms with E-state index in [1.807, 2.05) is 0 Å². The molecular weight excluding hydrogens is 584 g/mol. The molecule has 2 unspecified atom stereocenters. The molecule has 0 N–H and O–H groups in total. The number of aromatic nitrogens is 2. The van der Waals surface area contributed by atoms with Crippen molar-refractivity contribution >= 4 is 23.3 Å². The number of non-ortho nitro benzene ring substituents is 2. The van der Waals surface area contributed by atoms with Gasteiger partial charge in [-0.25, -0.2) is 19.0 Å². The number of nitrogens with zero attached hydrogens (tertiary/aromatic N) is 4. The Labute approximate surface area is 246 Å². The molecule has 0 radical (unpaired) electrons. The fraction of sp³-hybridized carbons (Fsp3) is 0.214. The van der Waals surface area contributed by atoms with Crippen LogP contribution in [-0.4, -0.2) is 56.3 Å². The molecule has 3 aromatic rings. The van der Waals surface area contributed by atoms with Gasteiger partial charge in [-0.15, -0.1) is 0 Å². The van der Waals surface area contributed by atoms with Crippen LogP contribution in [0.3, 0.4) is 0 Å². The quantitative estimate of drug-likeness (QED) is 0.157. The van der Waals surface area contributed by atoms with Crippen LogP contribution in [0.15, 0.2) is 94.7 Å². The highest BCUT2D eigenvalue weighted by molar-refractivity contribution is 5.90. The summed E-state index contributed by atoms with van der Waals surface area (Å²) in [5.74, 6) is -1.46. The highest BCUT2D eigenvalue weighted by atomic mass is 16.6. The molecule has 226 valence electrons. The maximum atomic E-state index is 13.3. The monoisotopic (exact) mass is 606 g/mol. The van der Waals surface area contributed by atoms with E-state index in [2.05, 4.69) is 0 Å². The van der Waals surface area contributed by atoms with E-state index in [9.17, 15) is 39.4 Å². The minimum Gasteiger partial charge on any atom is -0.452 e. The molecule has 16 nitrogen and oxygen atoms in total. The Morgan fingerprint density at radius 1 is 0.705 bits per heavy atom. The average Bonchev–Trinajstić information content (AvgIpc) is 3.02. The zero-order valence-corrected chi connectivity index (χ0v) is 22.5. The molecule has 1 aromatic heterocycles. The number of carbonyl (C=O) groups excluding carboxylic acids is 2. The van der Waals surface area contributed by atoms with Crippen LogP contribution in [0.1, 0.15) is 33.2 Å². The molecule has 0 saturated heterocycles. The summed E-state index contributed by atoms with van der Waals surface area (Å²) < 4.78 is 24.0. The van der Waals surface area contributed by atoms with E-state index >= 15 is 0 Å². The molecule has 0 fully saturated rings. The minimum absolute atomic E-state index is 0.0946. The number of nitro groups is 2. The number of nitro benzene ring substituents is 2. The van der Waals surface area contributed by atoms with E-state index in [1.165, 1.54) is 79.0 Å². The smallest absolute Gasteiger partial charge is 0.338 e. The van der Waals surface area contributed by atoms with Gasteiger partial charge in [-0.2, -0.15) is 0 Å². The van der Waals surface area contributed by atoms with Gasteiger partial charge >= 0.3 is 17.6 Å². The normalized spacial score (nSPS) is 20.9. The predicted molar refractivity (Wildman–Crippen MR) is 148 cm³/mol. The Hall–Kier alpha value is -5.74. The van der Waals surface area contributed by atoms with E-state index < -0.39 is 57.7 Å². The van der Waals surface area contributed by atoms with Crippen LogP contribution in [-0.2, 0) is 18.9 Å². The minimum atomic E-state index is -1.11. The van der Waals surface area contributed by atoms with Crippen molar-refractivity contribution in [2.75, 3.05) is 13.2 Å². The lowest BCUT2D eigenvalue weighted by Crippen LogP contribution is -2.45. The Morgan fingerprint density at radius 3 is 1.57 bits per heavy atom. The van der Waals surface area contributed by atoms with Crippen LogP contribution in [0, 0.1) is 20.2 Å². The van der Waals surface area contributed by atoms with Crippen molar-refractivity contribution in [1.29, 1.82) is 0 Å². The molecule has 0 amide bonds. The van der Waals surface area contributed by atoms with Gasteiger partial charge in [0.15, 0.2) is 12.5 Å². The average molecular weight is 607 g/mol. The van der Waals surface area contributed by atoms with Gasteiger partial charge in [-0.3, -0.25) is 29.6 Å². The van der Waals surface area contributed by atoms with Crippen LogP contribution >= 0.6 is 0 Å². The van der Waals surface area contributed by atoms with Crippen LogP contribution < -0.4 is 11.2 Å². The number of rotatable bonds is 8. The van der Waals surface area contributed by atoms with Crippen molar-refractivity contribution in [3.8, 4) is 0 Å². The van der Waals surface area contributed by atoms with Crippen molar-refractivity contribution in [2.45, 2.75) is 24.7 Å². The van der Waals surface area contributed by atoms with Crippen molar-refractivity contribution in [1.82, 2.24) is 9.13 Å². The molecule has 2 aromatic carbocycles. The number of benzene rings is 2. The number of ether oxygens (including phenoxy) is 4. The summed E-state index contributed by atoms with van der Waals surface area (Å²) in [6, 6.07) is 10.9. The molecule has 16 heteroatoms. The fourth-order valence-electron chi connectivity index (χ4n) is 4.31. The second-order valence-corrected chi connectivity index (χ2v) is 9.43. The summed E-state index contributed by atoms with van der Waals surface area (Å²) in [6.07, 6.45) is 3.39. The van der Waals surface area contributed by atoms with Gasteiger partial charge in [0.05, 0.1) is 34.2 Å². The first-order valence-corrected chi connectivity index (χ1v) is 12.9. The lowest BCUT2D eigenvalue weighted by molar-refractivity contribution is -0.385. The van der Waals surface area contributed by atoms with Crippen LogP contribution in [0.2, 0.25) is 0 Å². The summed E-state index contributed by atoms with van der Waals surface area (Å²) in [7, 11) is 0. The van der Waals surface area contributed by atoms with E-state index in [1.54, 1.807) is 0 Å². The first-order chi connectivity index (χ1) is 21.1. The highest BCUT2D eigenvalue weighted by Gasteiger charge is 2.27. The summed E-state index contributed by atoms with van der Waals surface area (Å²) >= 11 is 0. The third-order valence-electron chi connectivity index (χ3n) is 6.56. The Bertz CT molecular complexity index is 1780. The van der Waals surface area contributed by atoms with Gasteiger partial charge in [0, 0.05) is 36.5 Å². The van der Waals surface area contributed by atoms with E-state index in [-0.39, 0.29) is 35.7 Å². The largest absolute Gasteiger partial charge is 0.452 e. The summed E-state index contributed by atoms with van der Waals surface area (Å²) in [4.78, 5) is 71.1. The molecule has 0 aliphatic carbocycles. The molecule has 2 aliphatic heterocycles. The van der Waals surface area contributed by atoms with Crippen molar-refractivity contribution < 1.29 is 38.4 Å². The second kappa shape index (κ2) is 12.6. The standard InChI is InChI=1S/C28H22N4O12/c33-23-13-14-29(24-11-9-21(15-41-24)43-26(34)17-1-5-19(6-2-17)31(37)38)28(36)30(23)25-12-10-22(16-42-25)44-27(35)18-3-7-20(8-4-18)32(39)40/h1-14,21-22,24-25H,15-16H2/t21-,22-,24?,25?/m0/s1. The fourth-order valence-corrected chi connectivity index (χ4v) is 4.31. The lowest BCUT2D eigenvalue weighted by Gasteiger charge is -2.27. The topological polar surface area (TPSA) is 201 Å². The number of hydrogen-bond acceptors (Lipinski definition) is 12. The Morgan fingerprint density at radius 2 is 1.16 bits per heavy atom. The van der Waals surface area contributed by atoms with Crippen LogP contribution in [0.5, 0.6) is 0 Å². The van der Waals surface area contributed by atoms with Crippen LogP contribution in [0.4, 0.5) is 11.4 Å². The molecular formula is C28H22N4O12. The number of esters is 2. The first-order valence-electron chi connectivity index (χ1n) is 12.9. The molecule has 2 aliphatic rings. The Balaban J connectivity index is 1.22. The summed E-state index contributed by atoms with van der Waals surface area (Å²) in [6.45, 7) is -0.296. The number of carbonyl (C=O) groups is 2. The van der Waals surface area contributed by atoms with Gasteiger partial charge < -0.3 is 18.9 Å². The third-order valence-corrected chi connectivity index (χ3v) is 6.56. The maximum Gasteiger partial charge on any atom is 0.338 e. The first kappa shape index (κ1) is 29.7. The summed E-state index contributed by atoms with van der Waals surface area (Å²) in [5.41, 5.74) is -1.56. The second-order valence-electron chi connectivity index (χ2n) is 9.43. The van der Waals surface area contributed by atoms with Crippen molar-refractivity contribution in [3.05, 3.63) is 137 Å².